The van der Waals surface area contributed by atoms with E-state index in [1.165, 1.54) is 7.11 Å². The number of esters is 1. The second-order valence-corrected chi connectivity index (χ2v) is 5.00. The summed E-state index contributed by atoms with van der Waals surface area (Å²) >= 11 is 2.19. The second kappa shape index (κ2) is 5.68. The molecule has 0 spiro atoms. The molecule has 0 atom stereocenters. The van der Waals surface area contributed by atoms with Crippen molar-refractivity contribution in [1.29, 1.82) is 0 Å². The molecule has 1 aromatic carbocycles. The molecular formula is C12H14INO3. The van der Waals surface area contributed by atoms with E-state index in [4.69, 9.17) is 9.47 Å². The van der Waals surface area contributed by atoms with E-state index in [0.717, 1.165) is 22.3 Å². The Balaban J connectivity index is 2.34. The molecule has 5 heteroatoms. The van der Waals surface area contributed by atoms with E-state index < -0.39 is 0 Å². The molecular weight excluding hydrogens is 333 g/mol. The number of anilines is 1. The summed E-state index contributed by atoms with van der Waals surface area (Å²) in [5.74, 6) is -0.287. The molecule has 1 aliphatic rings. The van der Waals surface area contributed by atoms with Crippen LogP contribution >= 0.6 is 22.6 Å². The quantitative estimate of drug-likeness (QED) is 0.605. The van der Waals surface area contributed by atoms with Crippen LogP contribution in [-0.4, -0.2) is 39.4 Å². The number of morpholine rings is 1. The highest BCUT2D eigenvalue weighted by Gasteiger charge is 2.19. The van der Waals surface area contributed by atoms with Gasteiger partial charge in [0.25, 0.3) is 0 Å². The number of benzene rings is 1. The molecule has 1 fully saturated rings. The first-order valence-electron chi connectivity index (χ1n) is 5.43. The third-order valence-electron chi connectivity index (χ3n) is 2.72. The lowest BCUT2D eigenvalue weighted by Crippen LogP contribution is -2.37. The number of carbonyl (C=O) groups excluding carboxylic acids is 1. The number of hydrogen-bond donors (Lipinski definition) is 0. The number of rotatable bonds is 2. The third-order valence-corrected chi connectivity index (χ3v) is 3.39. The van der Waals surface area contributed by atoms with Crippen LogP contribution in [-0.2, 0) is 9.47 Å². The Kier molecular flexibility index (Phi) is 4.22. The van der Waals surface area contributed by atoms with E-state index >= 15 is 0 Å². The van der Waals surface area contributed by atoms with Gasteiger partial charge < -0.3 is 14.4 Å². The molecule has 0 N–H and O–H groups in total. The van der Waals surface area contributed by atoms with Gasteiger partial charge in [-0.2, -0.15) is 0 Å². The standard InChI is InChI=1S/C12H14INO3/c1-16-12(15)10-8-9(13)2-3-11(10)14-4-6-17-7-5-14/h2-3,8H,4-7H2,1H3. The van der Waals surface area contributed by atoms with Crippen molar-refractivity contribution in [3.05, 3.63) is 27.3 Å². The fraction of sp³-hybridized carbons (Fsp3) is 0.417. The van der Waals surface area contributed by atoms with Crippen molar-refractivity contribution >= 4 is 34.2 Å². The van der Waals surface area contributed by atoms with E-state index in [0.29, 0.717) is 18.8 Å². The summed E-state index contributed by atoms with van der Waals surface area (Å²) in [5, 5.41) is 0. The summed E-state index contributed by atoms with van der Waals surface area (Å²) in [6.45, 7) is 3.02. The molecule has 17 heavy (non-hydrogen) atoms. The monoisotopic (exact) mass is 347 g/mol. The zero-order valence-corrected chi connectivity index (χ0v) is 11.8. The molecule has 2 rings (SSSR count). The number of methoxy groups -OCH3 is 1. The van der Waals surface area contributed by atoms with Crippen molar-refractivity contribution in [2.45, 2.75) is 0 Å². The van der Waals surface area contributed by atoms with Crippen molar-refractivity contribution in [2.75, 3.05) is 38.3 Å². The summed E-state index contributed by atoms with van der Waals surface area (Å²) in [6.07, 6.45) is 0. The molecule has 1 aliphatic heterocycles. The molecule has 0 amide bonds. The van der Waals surface area contributed by atoms with E-state index in [-0.39, 0.29) is 5.97 Å². The number of nitrogens with zero attached hydrogens (tertiary/aromatic N) is 1. The highest BCUT2D eigenvalue weighted by Crippen LogP contribution is 2.24. The van der Waals surface area contributed by atoms with E-state index in [1.54, 1.807) is 0 Å². The molecule has 0 aliphatic carbocycles. The minimum absolute atomic E-state index is 0.287. The van der Waals surface area contributed by atoms with Crippen molar-refractivity contribution in [3.63, 3.8) is 0 Å². The fourth-order valence-corrected chi connectivity index (χ4v) is 2.35. The molecule has 0 aromatic heterocycles. The van der Waals surface area contributed by atoms with E-state index in [9.17, 15) is 4.79 Å². The Labute approximate surface area is 114 Å². The van der Waals surface area contributed by atoms with Crippen molar-refractivity contribution in [3.8, 4) is 0 Å². The Hall–Kier alpha value is -0.820. The summed E-state index contributed by atoms with van der Waals surface area (Å²) in [7, 11) is 1.41. The first-order chi connectivity index (χ1) is 8.22. The maximum atomic E-state index is 11.7. The van der Waals surface area contributed by atoms with E-state index in [2.05, 4.69) is 27.5 Å². The second-order valence-electron chi connectivity index (χ2n) is 3.75. The molecule has 92 valence electrons. The van der Waals surface area contributed by atoms with Crippen LogP contribution in [0.15, 0.2) is 18.2 Å². The average Bonchev–Trinajstić information content (AvgIpc) is 2.38. The maximum absolute atomic E-state index is 11.7. The van der Waals surface area contributed by atoms with Crippen LogP contribution in [0.25, 0.3) is 0 Å². The number of hydrogen-bond acceptors (Lipinski definition) is 4. The van der Waals surface area contributed by atoms with Crippen LogP contribution in [0, 0.1) is 3.57 Å². The van der Waals surface area contributed by atoms with Gasteiger partial charge in [0.15, 0.2) is 0 Å². The predicted molar refractivity (Wildman–Crippen MR) is 73.5 cm³/mol. The van der Waals surface area contributed by atoms with Crippen molar-refractivity contribution in [2.24, 2.45) is 0 Å². The molecule has 0 bridgehead atoms. The SMILES string of the molecule is COC(=O)c1cc(I)ccc1N1CCOCC1. The lowest BCUT2D eigenvalue weighted by molar-refractivity contribution is 0.0600. The van der Waals surface area contributed by atoms with Gasteiger partial charge in [0.2, 0.25) is 0 Å². The average molecular weight is 347 g/mol. The normalized spacial score (nSPS) is 15.8. The van der Waals surface area contributed by atoms with Gasteiger partial charge in [0, 0.05) is 16.7 Å². The van der Waals surface area contributed by atoms with Crippen LogP contribution < -0.4 is 4.90 Å². The minimum atomic E-state index is -0.287. The summed E-state index contributed by atoms with van der Waals surface area (Å²) < 4.78 is 11.2. The number of ether oxygens (including phenoxy) is 2. The van der Waals surface area contributed by atoms with Gasteiger partial charge in [-0.15, -0.1) is 0 Å². The zero-order chi connectivity index (χ0) is 12.3. The summed E-state index contributed by atoms with van der Waals surface area (Å²) in [4.78, 5) is 13.9. The highest BCUT2D eigenvalue weighted by atomic mass is 127. The topological polar surface area (TPSA) is 38.8 Å². The molecule has 4 nitrogen and oxygen atoms in total. The van der Waals surface area contributed by atoms with Crippen LogP contribution in [0.1, 0.15) is 10.4 Å². The van der Waals surface area contributed by atoms with Gasteiger partial charge in [0.05, 0.1) is 31.6 Å². The smallest absolute Gasteiger partial charge is 0.340 e. The van der Waals surface area contributed by atoms with Gasteiger partial charge in [-0.1, -0.05) is 0 Å². The Morgan fingerprint density at radius 1 is 1.41 bits per heavy atom. The van der Waals surface area contributed by atoms with E-state index in [1.807, 2.05) is 18.2 Å². The van der Waals surface area contributed by atoms with Gasteiger partial charge in [-0.05, 0) is 40.8 Å². The van der Waals surface area contributed by atoms with Gasteiger partial charge in [-0.3, -0.25) is 0 Å². The Morgan fingerprint density at radius 2 is 2.12 bits per heavy atom. The molecule has 1 aromatic rings. The van der Waals surface area contributed by atoms with Crippen LogP contribution in [0.5, 0.6) is 0 Å². The predicted octanol–water partition coefficient (Wildman–Crippen LogP) is 1.91. The highest BCUT2D eigenvalue weighted by molar-refractivity contribution is 14.1. The summed E-state index contributed by atoms with van der Waals surface area (Å²) in [6, 6.07) is 5.83. The molecule has 1 heterocycles. The van der Waals surface area contributed by atoms with Gasteiger partial charge >= 0.3 is 5.97 Å². The van der Waals surface area contributed by atoms with Crippen LogP contribution in [0.3, 0.4) is 0 Å². The fourth-order valence-electron chi connectivity index (χ4n) is 1.86. The van der Waals surface area contributed by atoms with Crippen LogP contribution in [0.4, 0.5) is 5.69 Å². The Morgan fingerprint density at radius 3 is 2.76 bits per heavy atom. The van der Waals surface area contributed by atoms with Crippen LogP contribution in [0.2, 0.25) is 0 Å². The largest absolute Gasteiger partial charge is 0.465 e. The lowest BCUT2D eigenvalue weighted by Gasteiger charge is -2.30. The Bertz CT molecular complexity index is 416. The van der Waals surface area contributed by atoms with Gasteiger partial charge in [0.1, 0.15) is 0 Å². The molecule has 0 radical (unpaired) electrons. The minimum Gasteiger partial charge on any atom is -0.465 e. The molecule has 1 saturated heterocycles. The number of halogens is 1. The third kappa shape index (κ3) is 2.90. The zero-order valence-electron chi connectivity index (χ0n) is 9.61. The maximum Gasteiger partial charge on any atom is 0.340 e. The molecule has 0 unspecified atom stereocenters. The molecule has 0 saturated carbocycles. The summed E-state index contributed by atoms with van der Waals surface area (Å²) in [5.41, 5.74) is 1.56. The van der Waals surface area contributed by atoms with Crippen molar-refractivity contribution in [1.82, 2.24) is 0 Å². The number of carbonyl (C=O) groups is 1. The lowest BCUT2D eigenvalue weighted by atomic mass is 10.1. The first-order valence-corrected chi connectivity index (χ1v) is 6.51. The first kappa shape index (κ1) is 12.6. The van der Waals surface area contributed by atoms with Crippen molar-refractivity contribution < 1.29 is 14.3 Å². The van der Waals surface area contributed by atoms with Gasteiger partial charge in [-0.25, -0.2) is 4.79 Å².